The Morgan fingerprint density at radius 3 is 2.05 bits per heavy atom. The fraction of sp³-hybridized carbons (Fsp3) is 1.00. The van der Waals surface area contributed by atoms with Gasteiger partial charge in [-0.2, -0.15) is 0 Å². The van der Waals surface area contributed by atoms with Gasteiger partial charge < -0.3 is 5.11 Å². The SMILES string of the molecule is O=S1(=O)CCC(S(=O)(=O)N[C@@H]2CS(=O)(=O)C[C@@H]2O)C1. The number of hydrogen-bond donors (Lipinski definition) is 2. The summed E-state index contributed by atoms with van der Waals surface area (Å²) in [5.74, 6) is -1.60. The first kappa shape index (κ1) is 15.2. The Hall–Kier alpha value is -0.230. The third-order valence-electron chi connectivity index (χ3n) is 3.27. The molecule has 0 aromatic rings. The van der Waals surface area contributed by atoms with Crippen molar-refractivity contribution in [3.05, 3.63) is 0 Å². The normalized spacial score (nSPS) is 37.4. The summed E-state index contributed by atoms with van der Waals surface area (Å²) < 4.78 is 71.1. The molecule has 0 aliphatic carbocycles. The van der Waals surface area contributed by atoms with Crippen LogP contribution in [0.1, 0.15) is 6.42 Å². The van der Waals surface area contributed by atoms with E-state index in [1.807, 2.05) is 0 Å². The highest BCUT2D eigenvalue weighted by molar-refractivity contribution is 7.95. The lowest BCUT2D eigenvalue weighted by molar-refractivity contribution is 0.176. The predicted molar refractivity (Wildman–Crippen MR) is 67.6 cm³/mol. The largest absolute Gasteiger partial charge is 0.390 e. The van der Waals surface area contributed by atoms with Crippen LogP contribution in [0.3, 0.4) is 0 Å². The van der Waals surface area contributed by atoms with Crippen molar-refractivity contribution in [3.8, 4) is 0 Å². The molecule has 11 heteroatoms. The number of aliphatic hydroxyl groups excluding tert-OH is 1. The van der Waals surface area contributed by atoms with E-state index in [-0.39, 0.29) is 12.2 Å². The summed E-state index contributed by atoms with van der Waals surface area (Å²) in [5.41, 5.74) is 0. The van der Waals surface area contributed by atoms with E-state index < -0.39 is 64.4 Å². The molecule has 8 nitrogen and oxygen atoms in total. The van der Waals surface area contributed by atoms with E-state index in [9.17, 15) is 30.4 Å². The maximum Gasteiger partial charge on any atom is 0.215 e. The van der Waals surface area contributed by atoms with Gasteiger partial charge in [0.1, 0.15) is 0 Å². The number of sulfone groups is 2. The number of nitrogens with one attached hydrogen (secondary N) is 1. The Morgan fingerprint density at radius 1 is 1.00 bits per heavy atom. The maximum atomic E-state index is 12.0. The van der Waals surface area contributed by atoms with Gasteiger partial charge in [0.25, 0.3) is 0 Å². The molecule has 0 bridgehead atoms. The molecule has 19 heavy (non-hydrogen) atoms. The lowest BCUT2D eigenvalue weighted by Gasteiger charge is -2.18. The van der Waals surface area contributed by atoms with Gasteiger partial charge in [0.15, 0.2) is 19.7 Å². The van der Waals surface area contributed by atoms with Crippen molar-refractivity contribution in [1.29, 1.82) is 0 Å². The number of aliphatic hydroxyl groups is 1. The molecular formula is C8H15NO7S3. The topological polar surface area (TPSA) is 135 Å². The van der Waals surface area contributed by atoms with Crippen molar-refractivity contribution in [2.75, 3.05) is 23.0 Å². The van der Waals surface area contributed by atoms with E-state index in [1.54, 1.807) is 0 Å². The second kappa shape index (κ2) is 4.65. The zero-order valence-corrected chi connectivity index (χ0v) is 12.3. The molecular weight excluding hydrogens is 318 g/mol. The third kappa shape index (κ3) is 3.45. The fourth-order valence-electron chi connectivity index (χ4n) is 2.25. The lowest BCUT2D eigenvalue weighted by atomic mass is 10.2. The predicted octanol–water partition coefficient (Wildman–Crippen LogP) is -2.75. The minimum absolute atomic E-state index is 0.00671. The first-order valence-electron chi connectivity index (χ1n) is 5.61. The first-order chi connectivity index (χ1) is 8.51. The van der Waals surface area contributed by atoms with Crippen LogP contribution in [0.25, 0.3) is 0 Å². The molecule has 2 aliphatic rings. The summed E-state index contributed by atoms with van der Waals surface area (Å²) in [7, 11) is -10.8. The average Bonchev–Trinajstić information content (AvgIpc) is 2.67. The van der Waals surface area contributed by atoms with Crippen molar-refractivity contribution < 1.29 is 30.4 Å². The Morgan fingerprint density at radius 2 is 1.63 bits per heavy atom. The monoisotopic (exact) mass is 333 g/mol. The van der Waals surface area contributed by atoms with Crippen LogP contribution in [-0.2, 0) is 29.7 Å². The van der Waals surface area contributed by atoms with Crippen LogP contribution in [-0.4, -0.2) is 70.8 Å². The molecule has 2 heterocycles. The van der Waals surface area contributed by atoms with Crippen LogP contribution >= 0.6 is 0 Å². The van der Waals surface area contributed by atoms with Crippen molar-refractivity contribution >= 4 is 29.7 Å². The minimum atomic E-state index is -3.95. The zero-order chi connectivity index (χ0) is 14.5. The highest BCUT2D eigenvalue weighted by Gasteiger charge is 2.43. The molecule has 0 spiro atoms. The van der Waals surface area contributed by atoms with Gasteiger partial charge in [-0.05, 0) is 6.42 Å². The molecule has 1 unspecified atom stereocenters. The first-order valence-corrected chi connectivity index (χ1v) is 10.8. The van der Waals surface area contributed by atoms with Crippen LogP contribution in [0.4, 0.5) is 0 Å². The zero-order valence-electron chi connectivity index (χ0n) is 9.89. The molecule has 2 N–H and O–H groups in total. The Labute approximate surface area is 112 Å². The average molecular weight is 333 g/mol. The van der Waals surface area contributed by atoms with Gasteiger partial charge in [0, 0.05) is 0 Å². The highest BCUT2D eigenvalue weighted by Crippen LogP contribution is 2.20. The number of hydrogen-bond acceptors (Lipinski definition) is 7. The molecule has 2 rings (SSSR count). The van der Waals surface area contributed by atoms with Gasteiger partial charge in [-0.15, -0.1) is 0 Å². The molecule has 2 saturated heterocycles. The Kier molecular flexibility index (Phi) is 3.71. The summed E-state index contributed by atoms with van der Waals surface area (Å²) in [4.78, 5) is 0. The van der Waals surface area contributed by atoms with Crippen LogP contribution in [0, 0.1) is 0 Å². The summed E-state index contributed by atoms with van der Waals surface area (Å²) in [6.45, 7) is 0. The number of rotatable bonds is 3. The third-order valence-corrected chi connectivity index (χ3v) is 8.87. The van der Waals surface area contributed by atoms with E-state index >= 15 is 0 Å². The van der Waals surface area contributed by atoms with Gasteiger partial charge in [0.05, 0.1) is 40.4 Å². The molecule has 0 aromatic heterocycles. The van der Waals surface area contributed by atoms with E-state index in [4.69, 9.17) is 0 Å². The van der Waals surface area contributed by atoms with Crippen LogP contribution in [0.5, 0.6) is 0 Å². The van der Waals surface area contributed by atoms with E-state index in [1.165, 1.54) is 0 Å². The van der Waals surface area contributed by atoms with E-state index in [0.717, 1.165) is 0 Å². The van der Waals surface area contributed by atoms with Crippen molar-refractivity contribution in [2.45, 2.75) is 23.8 Å². The van der Waals surface area contributed by atoms with Crippen LogP contribution in [0.15, 0.2) is 0 Å². The molecule has 2 aliphatic heterocycles. The Balaban J connectivity index is 2.11. The summed E-state index contributed by atoms with van der Waals surface area (Å²) >= 11 is 0. The summed E-state index contributed by atoms with van der Waals surface area (Å²) in [5, 5.41) is 8.43. The van der Waals surface area contributed by atoms with E-state index in [2.05, 4.69) is 4.72 Å². The summed E-state index contributed by atoms with van der Waals surface area (Å²) in [6.07, 6.45) is -1.30. The van der Waals surface area contributed by atoms with E-state index in [0.29, 0.717) is 0 Å². The van der Waals surface area contributed by atoms with Crippen LogP contribution < -0.4 is 4.72 Å². The van der Waals surface area contributed by atoms with Gasteiger partial charge >= 0.3 is 0 Å². The van der Waals surface area contributed by atoms with Crippen LogP contribution in [0.2, 0.25) is 0 Å². The Bertz CT molecular complexity index is 663. The lowest BCUT2D eigenvalue weighted by Crippen LogP contribution is -2.46. The fourth-order valence-corrected chi connectivity index (χ4v) is 8.42. The van der Waals surface area contributed by atoms with Gasteiger partial charge in [-0.25, -0.2) is 30.0 Å². The smallest absolute Gasteiger partial charge is 0.215 e. The van der Waals surface area contributed by atoms with Gasteiger partial charge in [0.2, 0.25) is 10.0 Å². The second-order valence-corrected chi connectivity index (χ2v) is 11.3. The van der Waals surface area contributed by atoms with Gasteiger partial charge in [-0.1, -0.05) is 0 Å². The van der Waals surface area contributed by atoms with Gasteiger partial charge in [-0.3, -0.25) is 0 Å². The van der Waals surface area contributed by atoms with Crippen molar-refractivity contribution in [3.63, 3.8) is 0 Å². The quantitative estimate of drug-likeness (QED) is 0.571. The molecule has 112 valence electrons. The standard InChI is InChI=1S/C8H15NO7S3/c10-8-5-18(13,14)4-7(8)9-19(15,16)6-1-2-17(11,12)3-6/h6-10H,1-5H2/t6?,7-,8+/m1/s1. The molecule has 0 amide bonds. The molecule has 3 atom stereocenters. The van der Waals surface area contributed by atoms with Crippen molar-refractivity contribution in [1.82, 2.24) is 4.72 Å². The molecule has 0 saturated carbocycles. The minimum Gasteiger partial charge on any atom is -0.390 e. The molecule has 0 aromatic carbocycles. The molecule has 0 radical (unpaired) electrons. The highest BCUT2D eigenvalue weighted by atomic mass is 32.2. The number of sulfonamides is 1. The maximum absolute atomic E-state index is 12.0. The molecule has 2 fully saturated rings. The second-order valence-electron chi connectivity index (χ2n) is 4.94. The summed E-state index contributed by atoms with van der Waals surface area (Å²) in [6, 6.07) is -1.10. The van der Waals surface area contributed by atoms with Crippen molar-refractivity contribution in [2.24, 2.45) is 0 Å².